The maximum absolute atomic E-state index is 11.2. The lowest BCUT2D eigenvalue weighted by Crippen LogP contribution is -2.27. The first-order chi connectivity index (χ1) is 9.22. The number of carboxylic acid groups (broad SMARTS) is 1. The molecule has 3 heteroatoms. The van der Waals surface area contributed by atoms with Crippen molar-refractivity contribution >= 4 is 17.7 Å². The highest BCUT2D eigenvalue weighted by Crippen LogP contribution is 2.27. The maximum atomic E-state index is 11.2. The molecule has 0 radical (unpaired) electrons. The minimum atomic E-state index is -0.795. The normalized spacial score (nSPS) is 15.2. The minimum Gasteiger partial charge on any atom is -0.478 e. The number of rotatable bonds is 4. The molecule has 1 aromatic rings. The van der Waals surface area contributed by atoms with E-state index in [0.717, 1.165) is 30.8 Å². The SMILES string of the molecule is CCCCN1CCCC(C(=O)O)=Cc2ccccc21. The smallest absolute Gasteiger partial charge is 0.331 e. The monoisotopic (exact) mass is 259 g/mol. The van der Waals surface area contributed by atoms with Crippen molar-refractivity contribution in [1.29, 1.82) is 0 Å². The van der Waals surface area contributed by atoms with Crippen molar-refractivity contribution in [3.63, 3.8) is 0 Å². The molecule has 1 heterocycles. The Hall–Kier alpha value is -1.77. The maximum Gasteiger partial charge on any atom is 0.331 e. The summed E-state index contributed by atoms with van der Waals surface area (Å²) in [5.74, 6) is -0.795. The quantitative estimate of drug-likeness (QED) is 0.898. The fourth-order valence-electron chi connectivity index (χ4n) is 2.49. The first-order valence-corrected chi connectivity index (χ1v) is 7.00. The number of anilines is 1. The van der Waals surface area contributed by atoms with Gasteiger partial charge < -0.3 is 10.0 Å². The molecule has 0 saturated heterocycles. The third kappa shape index (κ3) is 3.37. The molecule has 0 spiro atoms. The summed E-state index contributed by atoms with van der Waals surface area (Å²) >= 11 is 0. The molecule has 0 aliphatic carbocycles. The van der Waals surface area contributed by atoms with Crippen LogP contribution in [0.2, 0.25) is 0 Å². The lowest BCUT2D eigenvalue weighted by Gasteiger charge is -2.28. The lowest BCUT2D eigenvalue weighted by molar-refractivity contribution is -0.132. The van der Waals surface area contributed by atoms with Crippen LogP contribution in [0.25, 0.3) is 6.08 Å². The van der Waals surface area contributed by atoms with Crippen LogP contribution in [0.5, 0.6) is 0 Å². The zero-order valence-electron chi connectivity index (χ0n) is 11.4. The van der Waals surface area contributed by atoms with Crippen LogP contribution in [0.3, 0.4) is 0 Å². The number of nitrogens with zero attached hydrogens (tertiary/aromatic N) is 1. The minimum absolute atomic E-state index is 0.516. The van der Waals surface area contributed by atoms with E-state index in [0.29, 0.717) is 12.0 Å². The topological polar surface area (TPSA) is 40.5 Å². The van der Waals surface area contributed by atoms with E-state index in [-0.39, 0.29) is 0 Å². The predicted molar refractivity (Wildman–Crippen MR) is 78.4 cm³/mol. The highest BCUT2D eigenvalue weighted by Gasteiger charge is 2.16. The van der Waals surface area contributed by atoms with Crippen LogP contribution in [-0.4, -0.2) is 24.2 Å². The molecule has 2 rings (SSSR count). The summed E-state index contributed by atoms with van der Waals surface area (Å²) in [6.07, 6.45) is 5.72. The first kappa shape index (κ1) is 13.7. The van der Waals surface area contributed by atoms with E-state index in [9.17, 15) is 9.90 Å². The molecule has 0 unspecified atom stereocenters. The van der Waals surface area contributed by atoms with Crippen LogP contribution >= 0.6 is 0 Å². The molecule has 0 atom stereocenters. The summed E-state index contributed by atoms with van der Waals surface area (Å²) in [6.45, 7) is 4.17. The number of carbonyl (C=O) groups is 1. The van der Waals surface area contributed by atoms with Gasteiger partial charge in [0.1, 0.15) is 0 Å². The summed E-state index contributed by atoms with van der Waals surface area (Å²) in [4.78, 5) is 13.6. The molecule has 1 N–H and O–H groups in total. The van der Waals surface area contributed by atoms with Crippen molar-refractivity contribution in [1.82, 2.24) is 0 Å². The van der Waals surface area contributed by atoms with Crippen molar-refractivity contribution in [2.24, 2.45) is 0 Å². The van der Waals surface area contributed by atoms with Crippen molar-refractivity contribution < 1.29 is 9.90 Å². The van der Waals surface area contributed by atoms with Gasteiger partial charge in [-0.15, -0.1) is 0 Å². The van der Waals surface area contributed by atoms with Gasteiger partial charge in [-0.05, 0) is 37.0 Å². The Balaban J connectivity index is 2.35. The third-order valence-corrected chi connectivity index (χ3v) is 3.54. The summed E-state index contributed by atoms with van der Waals surface area (Å²) in [6, 6.07) is 8.08. The molecule has 0 bridgehead atoms. The molecule has 1 aliphatic heterocycles. The van der Waals surface area contributed by atoms with Gasteiger partial charge in [-0.1, -0.05) is 31.5 Å². The second kappa shape index (κ2) is 6.41. The molecule has 0 aromatic heterocycles. The molecule has 1 aliphatic rings. The Bertz CT molecular complexity index is 479. The average molecular weight is 259 g/mol. The van der Waals surface area contributed by atoms with E-state index in [1.54, 1.807) is 0 Å². The summed E-state index contributed by atoms with van der Waals surface area (Å²) in [7, 11) is 0. The van der Waals surface area contributed by atoms with Gasteiger partial charge in [0, 0.05) is 24.4 Å². The van der Waals surface area contributed by atoms with E-state index < -0.39 is 5.97 Å². The Labute approximate surface area is 114 Å². The number of para-hydroxylation sites is 1. The Morgan fingerprint density at radius 3 is 2.89 bits per heavy atom. The van der Waals surface area contributed by atoms with Crippen molar-refractivity contribution in [2.45, 2.75) is 32.6 Å². The van der Waals surface area contributed by atoms with Gasteiger partial charge in [0.05, 0.1) is 0 Å². The van der Waals surface area contributed by atoms with E-state index >= 15 is 0 Å². The van der Waals surface area contributed by atoms with Crippen molar-refractivity contribution in [2.75, 3.05) is 18.0 Å². The average Bonchev–Trinajstić information content (AvgIpc) is 2.38. The number of hydrogen-bond acceptors (Lipinski definition) is 2. The molecule has 3 nitrogen and oxygen atoms in total. The third-order valence-electron chi connectivity index (χ3n) is 3.54. The zero-order valence-corrected chi connectivity index (χ0v) is 11.4. The highest BCUT2D eigenvalue weighted by molar-refractivity contribution is 5.93. The van der Waals surface area contributed by atoms with Crippen molar-refractivity contribution in [3.8, 4) is 0 Å². The van der Waals surface area contributed by atoms with E-state index in [4.69, 9.17) is 0 Å². The van der Waals surface area contributed by atoms with Crippen molar-refractivity contribution in [3.05, 3.63) is 35.4 Å². The second-order valence-corrected chi connectivity index (χ2v) is 4.98. The molecular formula is C16H21NO2. The Morgan fingerprint density at radius 1 is 1.37 bits per heavy atom. The zero-order chi connectivity index (χ0) is 13.7. The number of aliphatic carboxylic acids is 1. The molecule has 0 saturated carbocycles. The molecule has 19 heavy (non-hydrogen) atoms. The van der Waals surface area contributed by atoms with Crippen LogP contribution in [-0.2, 0) is 4.79 Å². The summed E-state index contributed by atoms with van der Waals surface area (Å²) in [5, 5.41) is 9.21. The lowest BCUT2D eigenvalue weighted by atomic mass is 10.0. The molecule has 0 amide bonds. The number of unbranched alkanes of at least 4 members (excludes halogenated alkanes) is 1. The standard InChI is InChI=1S/C16H21NO2/c1-2-3-10-17-11-6-8-14(16(18)19)12-13-7-4-5-9-15(13)17/h4-5,7,9,12H,2-3,6,8,10-11H2,1H3,(H,18,19). The van der Waals surface area contributed by atoms with Gasteiger partial charge in [-0.3, -0.25) is 0 Å². The largest absolute Gasteiger partial charge is 0.478 e. The molecule has 1 aromatic carbocycles. The van der Waals surface area contributed by atoms with E-state index in [1.807, 2.05) is 24.3 Å². The highest BCUT2D eigenvalue weighted by atomic mass is 16.4. The number of carboxylic acids is 1. The molecule has 0 fully saturated rings. The van der Waals surface area contributed by atoms with Crippen LogP contribution in [0.15, 0.2) is 29.8 Å². The van der Waals surface area contributed by atoms with Crippen LogP contribution in [0.4, 0.5) is 5.69 Å². The second-order valence-electron chi connectivity index (χ2n) is 4.98. The first-order valence-electron chi connectivity index (χ1n) is 7.00. The van der Waals surface area contributed by atoms with Gasteiger partial charge in [0.25, 0.3) is 0 Å². The van der Waals surface area contributed by atoms with Gasteiger partial charge in [-0.25, -0.2) is 4.79 Å². The van der Waals surface area contributed by atoms with Gasteiger partial charge >= 0.3 is 5.97 Å². The molecular weight excluding hydrogens is 238 g/mol. The number of hydrogen-bond donors (Lipinski definition) is 1. The summed E-state index contributed by atoms with van der Waals surface area (Å²) < 4.78 is 0. The number of fused-ring (bicyclic) bond motifs is 1. The Morgan fingerprint density at radius 2 is 2.16 bits per heavy atom. The van der Waals surface area contributed by atoms with Crippen LogP contribution in [0.1, 0.15) is 38.2 Å². The van der Waals surface area contributed by atoms with Gasteiger partial charge in [-0.2, -0.15) is 0 Å². The molecule has 102 valence electrons. The predicted octanol–water partition coefficient (Wildman–Crippen LogP) is 3.55. The van der Waals surface area contributed by atoms with Crippen LogP contribution < -0.4 is 4.90 Å². The van der Waals surface area contributed by atoms with Gasteiger partial charge in [0.2, 0.25) is 0 Å². The van der Waals surface area contributed by atoms with Crippen LogP contribution in [0, 0.1) is 0 Å². The fraction of sp³-hybridized carbons (Fsp3) is 0.438. The van der Waals surface area contributed by atoms with E-state index in [1.165, 1.54) is 12.8 Å². The van der Waals surface area contributed by atoms with Gasteiger partial charge in [0.15, 0.2) is 0 Å². The summed E-state index contributed by atoms with van der Waals surface area (Å²) in [5.41, 5.74) is 2.70. The Kier molecular flexibility index (Phi) is 4.61. The van der Waals surface area contributed by atoms with E-state index in [2.05, 4.69) is 17.9 Å². The fourth-order valence-corrected chi connectivity index (χ4v) is 2.49. The number of benzene rings is 1.